The highest BCUT2D eigenvalue weighted by atomic mass is 79.9. The number of carbonyl (C=O) groups excluding carboxylic acids is 1. The molecule has 0 atom stereocenters. The lowest BCUT2D eigenvalue weighted by molar-refractivity contribution is -0.120. The lowest BCUT2D eigenvalue weighted by Crippen LogP contribution is -2.57. The SMILES string of the molecule is O=C1Nc2cc(Br)ccc2S(=O)(=O)C12CCC2. The second-order valence-electron chi connectivity index (χ2n) is 4.45. The van der Waals surface area contributed by atoms with Gasteiger partial charge in [-0.3, -0.25) is 4.79 Å². The third-order valence-electron chi connectivity index (χ3n) is 3.57. The maximum atomic E-state index is 12.5. The van der Waals surface area contributed by atoms with Crippen molar-refractivity contribution in [2.45, 2.75) is 28.9 Å². The second-order valence-corrected chi connectivity index (χ2v) is 7.59. The highest BCUT2D eigenvalue weighted by molar-refractivity contribution is 9.10. The van der Waals surface area contributed by atoms with Gasteiger partial charge in [-0.15, -0.1) is 0 Å². The Balaban J connectivity index is 2.27. The Bertz CT molecular complexity index is 620. The smallest absolute Gasteiger partial charge is 0.246 e. The summed E-state index contributed by atoms with van der Waals surface area (Å²) in [6, 6.07) is 4.85. The molecule has 17 heavy (non-hydrogen) atoms. The number of carbonyl (C=O) groups is 1. The van der Waals surface area contributed by atoms with Gasteiger partial charge in [0.05, 0.1) is 10.6 Å². The van der Waals surface area contributed by atoms with Crippen LogP contribution in [0.15, 0.2) is 27.6 Å². The molecule has 6 heteroatoms. The van der Waals surface area contributed by atoms with Gasteiger partial charge >= 0.3 is 0 Å². The fourth-order valence-corrected chi connectivity index (χ4v) is 4.95. The molecule has 1 aromatic rings. The molecule has 0 bridgehead atoms. The molecule has 1 heterocycles. The molecule has 0 aromatic heterocycles. The molecule has 1 spiro atoms. The van der Waals surface area contributed by atoms with Gasteiger partial charge in [0.15, 0.2) is 14.6 Å². The number of hydrogen-bond donors (Lipinski definition) is 1. The summed E-state index contributed by atoms with van der Waals surface area (Å²) < 4.78 is 24.5. The standard InChI is InChI=1S/C11H10BrNO3S/c12-7-2-3-9-8(6-7)13-10(14)11(4-1-5-11)17(9,15)16/h2-3,6H,1,4-5H2,(H,13,14). The van der Waals surface area contributed by atoms with Crippen LogP contribution in [0.1, 0.15) is 19.3 Å². The number of fused-ring (bicyclic) bond motifs is 1. The molecule has 1 saturated carbocycles. The molecule has 0 unspecified atom stereocenters. The maximum Gasteiger partial charge on any atom is 0.246 e. The van der Waals surface area contributed by atoms with Crippen molar-refractivity contribution in [3.05, 3.63) is 22.7 Å². The largest absolute Gasteiger partial charge is 0.323 e. The molecule has 90 valence electrons. The van der Waals surface area contributed by atoms with E-state index in [0.717, 1.165) is 10.9 Å². The Kier molecular flexibility index (Phi) is 2.19. The molecule has 2 aliphatic rings. The van der Waals surface area contributed by atoms with E-state index >= 15 is 0 Å². The van der Waals surface area contributed by atoms with Crippen molar-refractivity contribution in [2.24, 2.45) is 0 Å². The lowest BCUT2D eigenvalue weighted by atomic mass is 9.83. The normalized spacial score (nSPS) is 23.7. The number of rotatable bonds is 0. The highest BCUT2D eigenvalue weighted by Crippen LogP contribution is 2.48. The number of sulfone groups is 1. The fraction of sp³-hybridized carbons (Fsp3) is 0.364. The summed E-state index contributed by atoms with van der Waals surface area (Å²) in [5.74, 6) is -0.380. The third-order valence-corrected chi connectivity index (χ3v) is 6.62. The van der Waals surface area contributed by atoms with Gasteiger partial charge in [0, 0.05) is 4.47 Å². The average Bonchev–Trinajstić information content (AvgIpc) is 2.12. The molecule has 1 fully saturated rings. The summed E-state index contributed by atoms with van der Waals surface area (Å²) in [4.78, 5) is 12.2. The predicted molar refractivity (Wildman–Crippen MR) is 66.5 cm³/mol. The molecule has 4 nitrogen and oxygen atoms in total. The summed E-state index contributed by atoms with van der Waals surface area (Å²) in [6.45, 7) is 0. The molecular formula is C11H10BrNO3S. The molecule has 1 aromatic carbocycles. The first-order valence-electron chi connectivity index (χ1n) is 5.33. The molecule has 1 aliphatic heterocycles. The quantitative estimate of drug-likeness (QED) is 0.797. The predicted octanol–water partition coefficient (Wildman–Crippen LogP) is 2.10. The monoisotopic (exact) mass is 315 g/mol. The van der Waals surface area contributed by atoms with E-state index in [2.05, 4.69) is 21.2 Å². The number of halogens is 1. The van der Waals surface area contributed by atoms with Crippen LogP contribution in [-0.2, 0) is 14.6 Å². The third kappa shape index (κ3) is 1.28. The van der Waals surface area contributed by atoms with E-state index < -0.39 is 14.6 Å². The fourth-order valence-electron chi connectivity index (χ4n) is 2.40. The van der Waals surface area contributed by atoms with Crippen LogP contribution in [0.4, 0.5) is 5.69 Å². The van der Waals surface area contributed by atoms with Crippen molar-refractivity contribution in [2.75, 3.05) is 5.32 Å². The molecular weight excluding hydrogens is 306 g/mol. The van der Waals surface area contributed by atoms with Gasteiger partial charge in [0.25, 0.3) is 0 Å². The first-order valence-corrected chi connectivity index (χ1v) is 7.61. The van der Waals surface area contributed by atoms with Crippen LogP contribution >= 0.6 is 15.9 Å². The van der Waals surface area contributed by atoms with Gasteiger partial charge in [-0.2, -0.15) is 0 Å². The van der Waals surface area contributed by atoms with Gasteiger partial charge in [-0.1, -0.05) is 15.9 Å². The van der Waals surface area contributed by atoms with Crippen molar-refractivity contribution >= 4 is 37.4 Å². The number of amides is 1. The van der Waals surface area contributed by atoms with Crippen molar-refractivity contribution in [1.29, 1.82) is 0 Å². The minimum absolute atomic E-state index is 0.236. The van der Waals surface area contributed by atoms with Crippen LogP contribution in [0.25, 0.3) is 0 Å². The number of benzene rings is 1. The van der Waals surface area contributed by atoms with E-state index in [-0.39, 0.29) is 10.8 Å². The Labute approximate surface area is 107 Å². The zero-order valence-corrected chi connectivity index (χ0v) is 11.3. The Morgan fingerprint density at radius 2 is 2.00 bits per heavy atom. The Hall–Kier alpha value is -0.880. The lowest BCUT2D eigenvalue weighted by Gasteiger charge is -2.42. The van der Waals surface area contributed by atoms with E-state index in [0.29, 0.717) is 18.5 Å². The van der Waals surface area contributed by atoms with Crippen LogP contribution in [0.2, 0.25) is 0 Å². The van der Waals surface area contributed by atoms with Crippen molar-refractivity contribution in [1.82, 2.24) is 0 Å². The van der Waals surface area contributed by atoms with Crippen LogP contribution in [0.5, 0.6) is 0 Å². The van der Waals surface area contributed by atoms with Crippen LogP contribution in [0.3, 0.4) is 0 Å². The van der Waals surface area contributed by atoms with Gasteiger partial charge in [-0.25, -0.2) is 8.42 Å². The minimum Gasteiger partial charge on any atom is -0.323 e. The van der Waals surface area contributed by atoms with Gasteiger partial charge in [0.2, 0.25) is 5.91 Å². The molecule has 1 N–H and O–H groups in total. The van der Waals surface area contributed by atoms with Crippen molar-refractivity contribution in [3.8, 4) is 0 Å². The van der Waals surface area contributed by atoms with E-state index in [1.54, 1.807) is 18.2 Å². The Morgan fingerprint density at radius 1 is 1.29 bits per heavy atom. The van der Waals surface area contributed by atoms with Gasteiger partial charge in [-0.05, 0) is 37.5 Å². The zero-order chi connectivity index (χ0) is 12.3. The van der Waals surface area contributed by atoms with Crippen molar-refractivity contribution in [3.63, 3.8) is 0 Å². The van der Waals surface area contributed by atoms with Crippen molar-refractivity contribution < 1.29 is 13.2 Å². The van der Waals surface area contributed by atoms with E-state index in [4.69, 9.17) is 0 Å². The summed E-state index contributed by atoms with van der Waals surface area (Å²) in [7, 11) is -3.54. The zero-order valence-electron chi connectivity index (χ0n) is 8.86. The summed E-state index contributed by atoms with van der Waals surface area (Å²) in [5, 5.41) is 2.70. The topological polar surface area (TPSA) is 63.2 Å². The van der Waals surface area contributed by atoms with Crippen LogP contribution < -0.4 is 5.32 Å². The average molecular weight is 316 g/mol. The second kappa shape index (κ2) is 3.32. The van der Waals surface area contributed by atoms with E-state index in [1.165, 1.54) is 0 Å². The summed E-state index contributed by atoms with van der Waals surface area (Å²) in [6.07, 6.45) is 1.64. The minimum atomic E-state index is -3.54. The van der Waals surface area contributed by atoms with Gasteiger partial charge < -0.3 is 5.32 Å². The van der Waals surface area contributed by atoms with E-state index in [9.17, 15) is 13.2 Å². The molecule has 0 radical (unpaired) electrons. The van der Waals surface area contributed by atoms with E-state index in [1.807, 2.05) is 0 Å². The summed E-state index contributed by atoms with van der Waals surface area (Å²) >= 11 is 3.26. The summed E-state index contributed by atoms with van der Waals surface area (Å²) in [5.41, 5.74) is 0.377. The molecule has 1 aliphatic carbocycles. The molecule has 1 amide bonds. The maximum absolute atomic E-state index is 12.5. The number of hydrogen-bond acceptors (Lipinski definition) is 3. The Morgan fingerprint density at radius 3 is 2.59 bits per heavy atom. The molecule has 0 saturated heterocycles. The van der Waals surface area contributed by atoms with Crippen LogP contribution in [0, 0.1) is 0 Å². The number of anilines is 1. The number of nitrogens with one attached hydrogen (secondary N) is 1. The molecule has 3 rings (SSSR count). The first-order chi connectivity index (χ1) is 7.97. The first kappa shape index (κ1) is 11.2. The highest BCUT2D eigenvalue weighted by Gasteiger charge is 2.58. The van der Waals surface area contributed by atoms with Gasteiger partial charge in [0.1, 0.15) is 0 Å². The van der Waals surface area contributed by atoms with Crippen LogP contribution in [-0.4, -0.2) is 19.1 Å².